The minimum Gasteiger partial charge on any atom is -0.481 e. The van der Waals surface area contributed by atoms with E-state index in [0.717, 1.165) is 16.7 Å². The number of aromatic carboxylic acids is 1. The van der Waals surface area contributed by atoms with Crippen molar-refractivity contribution in [1.29, 1.82) is 0 Å². The second-order valence-electron chi connectivity index (χ2n) is 14.4. The predicted octanol–water partition coefficient (Wildman–Crippen LogP) is 8.97. The molecule has 6 rings (SSSR count). The van der Waals surface area contributed by atoms with E-state index >= 15 is 0 Å². The number of rotatable bonds is 17. The Hall–Kier alpha value is -7.28. The molecule has 0 aromatic heterocycles. The van der Waals surface area contributed by atoms with Gasteiger partial charge in [0.2, 0.25) is 0 Å². The van der Waals surface area contributed by atoms with E-state index < -0.39 is 47.8 Å². The van der Waals surface area contributed by atoms with Crippen LogP contribution in [-0.2, 0) is 33.6 Å². The van der Waals surface area contributed by atoms with Crippen molar-refractivity contribution in [3.8, 4) is 22.3 Å². The van der Waals surface area contributed by atoms with E-state index in [0.29, 0.717) is 43.4 Å². The van der Waals surface area contributed by atoms with Gasteiger partial charge in [-0.05, 0) is 94.3 Å². The fraction of sp³-hybridized carbons (Fsp3) is 0.143. The zero-order chi connectivity index (χ0) is 45.5. The number of carboxylic acid groups (broad SMARTS) is 4. The third-order valence-electron chi connectivity index (χ3n) is 9.75. The lowest BCUT2D eigenvalue weighted by atomic mass is 9.96. The quantitative estimate of drug-likeness (QED) is 0.0512. The molecule has 0 unspecified atom stereocenters. The molecule has 63 heavy (non-hydrogen) atoms. The Bertz CT molecular complexity index is 2630. The van der Waals surface area contributed by atoms with Gasteiger partial charge in [-0.15, -0.1) is 0 Å². The maximum absolute atomic E-state index is 12.9. The highest BCUT2D eigenvalue weighted by molar-refractivity contribution is 6.31. The molecule has 0 saturated heterocycles. The summed E-state index contributed by atoms with van der Waals surface area (Å²) in [6.45, 7) is 0. The summed E-state index contributed by atoms with van der Waals surface area (Å²) in [6, 6.07) is 39.9. The molecule has 14 heteroatoms. The first-order chi connectivity index (χ1) is 30.2. The molecule has 0 bridgehead atoms. The van der Waals surface area contributed by atoms with Gasteiger partial charge in [-0.2, -0.15) is 0 Å². The minimum absolute atomic E-state index is 0.127. The van der Waals surface area contributed by atoms with Gasteiger partial charge in [-0.3, -0.25) is 24.0 Å². The lowest BCUT2D eigenvalue weighted by Crippen LogP contribution is -2.38. The highest BCUT2D eigenvalue weighted by Gasteiger charge is 2.21. The lowest BCUT2D eigenvalue weighted by molar-refractivity contribution is -0.138. The third-order valence-corrected chi connectivity index (χ3v) is 10.5. The monoisotopic (exact) mass is 888 g/mol. The molecule has 6 aromatic rings. The Kier molecular flexibility index (Phi) is 16.7. The number of carbonyl (C=O) groups excluding carboxylic acids is 2. The van der Waals surface area contributed by atoms with Crippen LogP contribution >= 0.6 is 23.2 Å². The molecule has 6 aromatic carbocycles. The Morgan fingerprint density at radius 1 is 0.460 bits per heavy atom. The zero-order valence-corrected chi connectivity index (χ0v) is 35.1. The van der Waals surface area contributed by atoms with Gasteiger partial charge >= 0.3 is 23.9 Å². The summed E-state index contributed by atoms with van der Waals surface area (Å²) in [4.78, 5) is 71.1. The Morgan fingerprint density at radius 2 is 0.873 bits per heavy atom. The van der Waals surface area contributed by atoms with E-state index in [1.54, 1.807) is 140 Å². The molecule has 0 radical (unpaired) electrons. The summed E-state index contributed by atoms with van der Waals surface area (Å²) in [5.74, 6) is -4.94. The fourth-order valence-electron chi connectivity index (χ4n) is 6.86. The van der Waals surface area contributed by atoms with Crippen LogP contribution in [-0.4, -0.2) is 68.2 Å². The van der Waals surface area contributed by atoms with Gasteiger partial charge < -0.3 is 31.1 Å². The number of hydrogen-bond acceptors (Lipinski definition) is 6. The number of amides is 2. The average molecular weight is 890 g/mol. The molecule has 12 nitrogen and oxygen atoms in total. The van der Waals surface area contributed by atoms with Crippen molar-refractivity contribution in [3.63, 3.8) is 0 Å². The number of carbonyl (C=O) groups is 6. The molecule has 0 saturated carbocycles. The van der Waals surface area contributed by atoms with E-state index in [4.69, 9.17) is 23.2 Å². The number of benzene rings is 6. The molecule has 0 heterocycles. The number of aliphatic carboxylic acids is 3. The zero-order valence-electron chi connectivity index (χ0n) is 33.5. The van der Waals surface area contributed by atoms with Crippen molar-refractivity contribution in [3.05, 3.63) is 189 Å². The van der Waals surface area contributed by atoms with Gasteiger partial charge in [0.05, 0.1) is 24.8 Å². The number of hydrogen-bond donors (Lipinski definition) is 6. The van der Waals surface area contributed by atoms with Crippen molar-refractivity contribution < 1.29 is 49.2 Å². The molecule has 0 fully saturated rings. The van der Waals surface area contributed by atoms with E-state index in [9.17, 15) is 49.2 Å². The van der Waals surface area contributed by atoms with Crippen molar-refractivity contribution in [2.75, 3.05) is 0 Å². The molecule has 6 N–H and O–H groups in total. The number of nitrogens with one attached hydrogen (secondary N) is 2. The van der Waals surface area contributed by atoms with Gasteiger partial charge in [0.15, 0.2) is 0 Å². The predicted molar refractivity (Wildman–Crippen MR) is 239 cm³/mol. The number of halogens is 2. The molecular formula is C49H42Cl2N2O10. The molecule has 0 spiro atoms. The summed E-state index contributed by atoms with van der Waals surface area (Å²) >= 11 is 12.4. The first kappa shape index (κ1) is 46.8. The van der Waals surface area contributed by atoms with Gasteiger partial charge in [0.1, 0.15) is 0 Å². The van der Waals surface area contributed by atoms with E-state index in [1.807, 2.05) is 0 Å². The van der Waals surface area contributed by atoms with Gasteiger partial charge in [-0.25, -0.2) is 4.79 Å². The van der Waals surface area contributed by atoms with Crippen LogP contribution in [0.1, 0.15) is 60.6 Å². The summed E-state index contributed by atoms with van der Waals surface area (Å²) in [5, 5.41) is 43.7. The molecule has 2 atom stereocenters. The molecule has 2 amide bonds. The summed E-state index contributed by atoms with van der Waals surface area (Å²) in [6.07, 6.45) is -0.111. The highest BCUT2D eigenvalue weighted by Crippen LogP contribution is 2.27. The van der Waals surface area contributed by atoms with Crippen LogP contribution in [0, 0.1) is 0 Å². The van der Waals surface area contributed by atoms with E-state index in [2.05, 4.69) is 10.6 Å². The molecular weight excluding hydrogens is 847 g/mol. The Balaban J connectivity index is 0.000000238. The van der Waals surface area contributed by atoms with Crippen LogP contribution in [0.2, 0.25) is 10.0 Å². The normalized spacial score (nSPS) is 11.5. The smallest absolute Gasteiger partial charge is 0.336 e. The topological polar surface area (TPSA) is 207 Å². The van der Waals surface area contributed by atoms with E-state index in [1.165, 1.54) is 6.07 Å². The maximum atomic E-state index is 12.9. The van der Waals surface area contributed by atoms with Crippen LogP contribution in [0.3, 0.4) is 0 Å². The van der Waals surface area contributed by atoms with Crippen molar-refractivity contribution in [2.24, 2.45) is 0 Å². The first-order valence-electron chi connectivity index (χ1n) is 19.5. The van der Waals surface area contributed by atoms with Gasteiger partial charge in [0.25, 0.3) is 11.8 Å². The second kappa shape index (κ2) is 22.5. The standard InChI is InChI=1S/C25H22ClNO5.C24H20ClNO5/c26-22-11-4-2-7-18(22)13-20(15-24(30)31)27-25(32)19-9-5-8-16(12-19)21-10-3-1-6-17(21)14-23(28)29;25-21-11-4-1-6-16(21)13-18(14-22(27)28)26-23(29)17-8-5-7-15(12-17)19-9-2-3-10-20(19)24(30)31/h1-12,20H,13-15H2,(H,27,32)(H,28,29)(H,30,31);1-12,18H,13-14H2,(H,26,29)(H,27,28)(H,30,31)/t20-;18-/m11/s1. The maximum Gasteiger partial charge on any atom is 0.336 e. The molecule has 322 valence electrons. The van der Waals surface area contributed by atoms with Crippen LogP contribution < -0.4 is 10.6 Å². The third kappa shape index (κ3) is 13.9. The van der Waals surface area contributed by atoms with Crippen LogP contribution in [0.5, 0.6) is 0 Å². The van der Waals surface area contributed by atoms with E-state index in [-0.39, 0.29) is 37.7 Å². The SMILES string of the molecule is O=C(O)C[C@@H](Cc1ccccc1Cl)NC(=O)c1cccc(-c2ccccc2C(=O)O)c1.O=C(O)Cc1ccccc1-c1cccc(C(=O)N[C@@H](CC(=O)O)Cc2ccccc2Cl)c1. The summed E-state index contributed by atoms with van der Waals surface area (Å²) in [7, 11) is 0. The molecule has 0 aliphatic heterocycles. The van der Waals surface area contributed by atoms with Crippen molar-refractivity contribution >= 4 is 58.9 Å². The van der Waals surface area contributed by atoms with Crippen LogP contribution in [0.4, 0.5) is 0 Å². The van der Waals surface area contributed by atoms with Crippen molar-refractivity contribution in [1.82, 2.24) is 10.6 Å². The van der Waals surface area contributed by atoms with Crippen molar-refractivity contribution in [2.45, 2.75) is 44.2 Å². The van der Waals surface area contributed by atoms with Crippen LogP contribution in [0.25, 0.3) is 22.3 Å². The molecule has 0 aliphatic carbocycles. The molecule has 0 aliphatic rings. The Labute approximate surface area is 372 Å². The number of carboxylic acids is 4. The average Bonchev–Trinajstić information content (AvgIpc) is 3.25. The van der Waals surface area contributed by atoms with Crippen LogP contribution in [0.15, 0.2) is 146 Å². The second-order valence-corrected chi connectivity index (χ2v) is 15.2. The van der Waals surface area contributed by atoms with Gasteiger partial charge in [-0.1, -0.05) is 126 Å². The summed E-state index contributed by atoms with van der Waals surface area (Å²) < 4.78 is 0. The lowest BCUT2D eigenvalue weighted by Gasteiger charge is -2.18. The summed E-state index contributed by atoms with van der Waals surface area (Å²) in [5.41, 5.74) is 5.39. The first-order valence-corrected chi connectivity index (χ1v) is 20.3. The van der Waals surface area contributed by atoms with Gasteiger partial charge in [0, 0.05) is 33.3 Å². The highest BCUT2D eigenvalue weighted by atomic mass is 35.5. The Morgan fingerprint density at radius 3 is 1.32 bits per heavy atom. The minimum atomic E-state index is -1.06. The fourth-order valence-corrected chi connectivity index (χ4v) is 7.29. The largest absolute Gasteiger partial charge is 0.481 e.